The molecule has 0 unspecified atom stereocenters. The lowest BCUT2D eigenvalue weighted by Gasteiger charge is -2.13. The summed E-state index contributed by atoms with van der Waals surface area (Å²) < 4.78 is 0. The lowest BCUT2D eigenvalue weighted by Crippen LogP contribution is -2.25. The van der Waals surface area contributed by atoms with Gasteiger partial charge in [0.1, 0.15) is 0 Å². The molecule has 2 rings (SSSR count). The summed E-state index contributed by atoms with van der Waals surface area (Å²) in [6.07, 6.45) is 1.65. The van der Waals surface area contributed by atoms with Gasteiger partial charge in [-0.05, 0) is 42.2 Å². The first-order valence-corrected chi connectivity index (χ1v) is 7.75. The van der Waals surface area contributed by atoms with Gasteiger partial charge in [-0.3, -0.25) is 0 Å². The molecule has 0 atom stereocenters. The van der Waals surface area contributed by atoms with Gasteiger partial charge in [-0.1, -0.05) is 44.2 Å². The second-order valence-corrected chi connectivity index (χ2v) is 5.00. The molecule has 0 spiro atoms. The molecule has 2 N–H and O–H groups in total. The quantitative estimate of drug-likeness (QED) is 0.626. The van der Waals surface area contributed by atoms with Crippen molar-refractivity contribution in [2.45, 2.75) is 26.7 Å². The number of hydrogen-bond donors (Lipinski definition) is 2. The van der Waals surface area contributed by atoms with Gasteiger partial charge in [0.15, 0.2) is 0 Å². The molecule has 0 aromatic heterocycles. The van der Waals surface area contributed by atoms with Crippen LogP contribution in [-0.2, 0) is 32.1 Å². The monoisotopic (exact) mass is 328 g/mol. The van der Waals surface area contributed by atoms with E-state index in [2.05, 4.69) is 22.7 Å². The van der Waals surface area contributed by atoms with E-state index in [1.165, 1.54) is 0 Å². The Kier molecular flexibility index (Phi) is 6.19. The van der Waals surface area contributed by atoms with Crippen molar-refractivity contribution in [2.24, 2.45) is 0 Å². The molecular weight excluding hydrogens is 308 g/mol. The summed E-state index contributed by atoms with van der Waals surface area (Å²) in [6, 6.07) is 14.4. The van der Waals surface area contributed by atoms with Crippen LogP contribution in [0.4, 0.5) is 11.4 Å². The molecule has 0 heterocycles. The van der Waals surface area contributed by atoms with Crippen LogP contribution in [0, 0.1) is 0 Å². The minimum absolute atomic E-state index is 0.551. The normalized spacial score (nSPS) is 9.92. The van der Waals surface area contributed by atoms with Crippen molar-refractivity contribution >= 4 is 23.3 Å². The highest BCUT2D eigenvalue weighted by atomic mass is 16.7. The molecule has 24 heavy (non-hydrogen) atoms. The summed E-state index contributed by atoms with van der Waals surface area (Å²) in [5.41, 5.74) is 8.34. The molecule has 0 saturated carbocycles. The van der Waals surface area contributed by atoms with E-state index in [9.17, 15) is 9.59 Å². The predicted octanol–water partition coefficient (Wildman–Crippen LogP) is 3.25. The Morgan fingerprint density at radius 2 is 1.50 bits per heavy atom. The van der Waals surface area contributed by atoms with Crippen LogP contribution in [-0.4, -0.2) is 11.9 Å². The average molecular weight is 328 g/mol. The lowest BCUT2D eigenvalue weighted by molar-refractivity contribution is -0.164. The van der Waals surface area contributed by atoms with Crippen LogP contribution in [0.5, 0.6) is 0 Å². The van der Waals surface area contributed by atoms with Crippen LogP contribution in [0.3, 0.4) is 0 Å². The summed E-state index contributed by atoms with van der Waals surface area (Å²) in [5.74, 6) is -2.28. The van der Waals surface area contributed by atoms with Crippen molar-refractivity contribution in [3.05, 3.63) is 59.7 Å². The van der Waals surface area contributed by atoms with Gasteiger partial charge in [0.2, 0.25) is 0 Å². The number of benzene rings is 2. The van der Waals surface area contributed by atoms with Gasteiger partial charge < -0.3 is 9.68 Å². The number of rotatable bonds is 6. The van der Waals surface area contributed by atoms with E-state index in [0.717, 1.165) is 24.0 Å². The van der Waals surface area contributed by atoms with Gasteiger partial charge in [-0.2, -0.15) is 0 Å². The zero-order chi connectivity index (χ0) is 17.4. The smallest absolute Gasteiger partial charge is 0.332 e. The van der Waals surface area contributed by atoms with Crippen molar-refractivity contribution < 1.29 is 19.3 Å². The number of hydrogen-bond acceptors (Lipinski definition) is 6. The van der Waals surface area contributed by atoms with E-state index in [0.29, 0.717) is 11.4 Å². The minimum atomic E-state index is -1.14. The number of para-hydroxylation sites is 1. The Labute approximate surface area is 140 Å². The molecule has 0 aliphatic rings. The molecule has 0 saturated heterocycles. The first kappa shape index (κ1) is 17.3. The van der Waals surface area contributed by atoms with E-state index in [1.54, 1.807) is 30.3 Å². The molecule has 2 aromatic carbocycles. The molecule has 2 aromatic rings. The zero-order valence-electron chi connectivity index (χ0n) is 13.7. The summed E-state index contributed by atoms with van der Waals surface area (Å²) in [6.45, 7) is 4.07. The van der Waals surface area contributed by atoms with E-state index < -0.39 is 11.9 Å². The first-order valence-electron chi connectivity index (χ1n) is 7.75. The van der Waals surface area contributed by atoms with Gasteiger partial charge in [-0.15, -0.1) is 0 Å². The summed E-state index contributed by atoms with van der Waals surface area (Å²) in [5, 5.41) is 0. The molecule has 126 valence electrons. The molecule has 0 radical (unpaired) electrons. The fraction of sp³-hybridized carbons (Fsp3) is 0.222. The summed E-state index contributed by atoms with van der Waals surface area (Å²) in [7, 11) is 0. The third-order valence-electron chi connectivity index (χ3n) is 3.46. The molecular formula is C18H20N2O4. The highest BCUT2D eigenvalue weighted by Gasteiger charge is 2.19. The first-order chi connectivity index (χ1) is 11.7. The Morgan fingerprint density at radius 3 is 2.12 bits per heavy atom. The molecule has 0 bridgehead atoms. The topological polar surface area (TPSA) is 76.7 Å². The Bertz CT molecular complexity index is 701. The summed E-state index contributed by atoms with van der Waals surface area (Å²) in [4.78, 5) is 32.8. The van der Waals surface area contributed by atoms with Crippen LogP contribution >= 0.6 is 0 Å². The van der Waals surface area contributed by atoms with Crippen LogP contribution in [0.2, 0.25) is 0 Å². The van der Waals surface area contributed by atoms with Crippen molar-refractivity contribution in [1.82, 2.24) is 0 Å². The maximum atomic E-state index is 11.7. The van der Waals surface area contributed by atoms with Crippen molar-refractivity contribution in [3.63, 3.8) is 0 Å². The third kappa shape index (κ3) is 4.49. The molecule has 0 amide bonds. The second kappa shape index (κ2) is 8.57. The minimum Gasteiger partial charge on any atom is -0.332 e. The average Bonchev–Trinajstić information content (AvgIpc) is 2.64. The van der Waals surface area contributed by atoms with E-state index in [1.807, 2.05) is 25.1 Å². The van der Waals surface area contributed by atoms with Crippen LogP contribution in [0.15, 0.2) is 48.5 Å². The summed E-state index contributed by atoms with van der Waals surface area (Å²) >= 11 is 0. The largest absolute Gasteiger partial charge is 0.443 e. The predicted molar refractivity (Wildman–Crippen MR) is 91.1 cm³/mol. The fourth-order valence-corrected chi connectivity index (χ4v) is 2.28. The van der Waals surface area contributed by atoms with Gasteiger partial charge >= 0.3 is 11.9 Å². The lowest BCUT2D eigenvalue weighted by atomic mass is 10.0. The molecule has 0 fully saturated rings. The fourth-order valence-electron chi connectivity index (χ4n) is 2.28. The number of carbonyl (C=O) groups is 2. The van der Waals surface area contributed by atoms with Crippen LogP contribution in [0.25, 0.3) is 0 Å². The maximum absolute atomic E-state index is 11.7. The SMILES string of the molecule is CCc1cccc(NOC(=O)C(=O)ONc2ccccc2)c1CC. The Hall–Kier alpha value is -3.02. The van der Waals surface area contributed by atoms with Gasteiger partial charge in [0.25, 0.3) is 0 Å². The van der Waals surface area contributed by atoms with Crippen LogP contribution < -0.4 is 11.0 Å². The number of carbonyl (C=O) groups excluding carboxylic acids is 2. The second-order valence-electron chi connectivity index (χ2n) is 5.00. The van der Waals surface area contributed by atoms with Gasteiger partial charge in [-0.25, -0.2) is 20.5 Å². The van der Waals surface area contributed by atoms with Crippen molar-refractivity contribution in [3.8, 4) is 0 Å². The molecule has 6 heteroatoms. The van der Waals surface area contributed by atoms with E-state index in [-0.39, 0.29) is 0 Å². The zero-order valence-corrected chi connectivity index (χ0v) is 13.7. The molecule has 0 aliphatic heterocycles. The number of aryl methyl sites for hydroxylation is 1. The van der Waals surface area contributed by atoms with E-state index in [4.69, 9.17) is 4.84 Å². The maximum Gasteiger partial charge on any atom is 0.443 e. The standard InChI is InChI=1S/C18H20N2O4/c1-3-13-9-8-12-16(15(13)4-2)20-24-18(22)17(21)23-19-14-10-6-5-7-11-14/h5-12,19-20H,3-4H2,1-2H3. The van der Waals surface area contributed by atoms with Gasteiger partial charge in [0.05, 0.1) is 11.4 Å². The highest BCUT2D eigenvalue weighted by molar-refractivity contribution is 6.29. The molecule has 6 nitrogen and oxygen atoms in total. The third-order valence-corrected chi connectivity index (χ3v) is 3.46. The Balaban J connectivity index is 1.90. The van der Waals surface area contributed by atoms with Crippen molar-refractivity contribution in [2.75, 3.05) is 11.0 Å². The van der Waals surface area contributed by atoms with E-state index >= 15 is 0 Å². The number of anilines is 2. The molecule has 0 aliphatic carbocycles. The highest BCUT2D eigenvalue weighted by Crippen LogP contribution is 2.21. The Morgan fingerprint density at radius 1 is 0.833 bits per heavy atom. The van der Waals surface area contributed by atoms with Gasteiger partial charge in [0, 0.05) is 0 Å². The van der Waals surface area contributed by atoms with Crippen molar-refractivity contribution in [1.29, 1.82) is 0 Å². The van der Waals surface area contributed by atoms with Crippen LogP contribution in [0.1, 0.15) is 25.0 Å². The number of nitrogens with one attached hydrogen (secondary N) is 2.